The first-order valence-corrected chi connectivity index (χ1v) is 14.2. The van der Waals surface area contributed by atoms with Gasteiger partial charge in [0.1, 0.15) is 10.5 Å². The number of para-hydroxylation sites is 1. The van der Waals surface area contributed by atoms with Crippen molar-refractivity contribution in [1.82, 2.24) is 29.1 Å². The van der Waals surface area contributed by atoms with Crippen LogP contribution in [0, 0.1) is 0 Å². The van der Waals surface area contributed by atoms with Crippen LogP contribution in [0.5, 0.6) is 0 Å². The van der Waals surface area contributed by atoms with Gasteiger partial charge in [0.15, 0.2) is 5.65 Å². The molecular weight excluding hydrogens is 500 g/mol. The van der Waals surface area contributed by atoms with Gasteiger partial charge < -0.3 is 24.9 Å². The van der Waals surface area contributed by atoms with Crippen LogP contribution in [0.3, 0.4) is 0 Å². The Morgan fingerprint density at radius 1 is 1.00 bits per heavy atom. The van der Waals surface area contributed by atoms with Gasteiger partial charge in [-0.25, -0.2) is 4.98 Å². The fourth-order valence-electron chi connectivity index (χ4n) is 5.33. The molecule has 3 aromatic heterocycles. The highest BCUT2D eigenvalue weighted by Gasteiger charge is 2.22. The summed E-state index contributed by atoms with van der Waals surface area (Å²) < 4.78 is 3.05. The number of pyridine rings is 1. The Morgan fingerprint density at radius 3 is 2.61 bits per heavy atom. The summed E-state index contributed by atoms with van der Waals surface area (Å²) in [5, 5.41) is 3.39. The van der Waals surface area contributed by atoms with Crippen LogP contribution in [0.15, 0.2) is 35.3 Å². The van der Waals surface area contributed by atoms with Crippen LogP contribution in [0.1, 0.15) is 12.8 Å². The predicted molar refractivity (Wildman–Crippen MR) is 154 cm³/mol. The van der Waals surface area contributed by atoms with Gasteiger partial charge in [0, 0.05) is 65.0 Å². The van der Waals surface area contributed by atoms with Gasteiger partial charge in [-0.2, -0.15) is 4.98 Å². The molecule has 0 spiro atoms. The number of likely N-dealkylation sites (N-methyl/N-ethyl adjacent to an activating group) is 2. The first kappa shape index (κ1) is 25.2. The van der Waals surface area contributed by atoms with Gasteiger partial charge in [0.25, 0.3) is 0 Å². The molecule has 0 saturated carbocycles. The molecule has 0 unspecified atom stereocenters. The Balaban J connectivity index is 1.38. The zero-order valence-electron chi connectivity index (χ0n) is 22.0. The number of fused-ring (bicyclic) bond motifs is 5. The summed E-state index contributed by atoms with van der Waals surface area (Å²) in [6.45, 7) is 8.30. The zero-order chi connectivity index (χ0) is 26.2. The predicted octanol–water partition coefficient (Wildman–Crippen LogP) is 2.18. The zero-order valence-corrected chi connectivity index (χ0v) is 22.8. The number of benzene rings is 1. The molecule has 11 heteroatoms. The van der Waals surface area contributed by atoms with Crippen LogP contribution in [0.25, 0.3) is 26.1 Å². The van der Waals surface area contributed by atoms with Crippen LogP contribution in [-0.2, 0) is 4.79 Å². The summed E-state index contributed by atoms with van der Waals surface area (Å²) in [6, 6.07) is 8.04. The maximum absolute atomic E-state index is 13.7. The number of thiazole rings is 1. The third-order valence-electron chi connectivity index (χ3n) is 7.69. The molecule has 4 aromatic rings. The number of rotatable bonds is 5. The fourth-order valence-corrected chi connectivity index (χ4v) is 6.47. The van der Waals surface area contributed by atoms with E-state index in [-0.39, 0.29) is 11.3 Å². The second-order valence-electron chi connectivity index (χ2n) is 10.4. The van der Waals surface area contributed by atoms with Gasteiger partial charge in [0.05, 0.1) is 15.6 Å². The van der Waals surface area contributed by atoms with E-state index in [1.807, 2.05) is 28.7 Å². The molecule has 10 nitrogen and oxygen atoms in total. The molecule has 0 bridgehead atoms. The lowest BCUT2D eigenvalue weighted by molar-refractivity contribution is -0.116. The van der Waals surface area contributed by atoms with Gasteiger partial charge in [-0.1, -0.05) is 12.1 Å². The molecule has 0 atom stereocenters. The number of amides is 1. The van der Waals surface area contributed by atoms with Crippen LogP contribution >= 0.6 is 11.3 Å². The molecule has 5 heterocycles. The topological polar surface area (TPSA) is 89.3 Å². The van der Waals surface area contributed by atoms with Crippen molar-refractivity contribution in [3.63, 3.8) is 0 Å². The Labute approximate surface area is 225 Å². The number of carbonyl (C=O) groups is 1. The van der Waals surface area contributed by atoms with Crippen LogP contribution in [-0.4, -0.2) is 108 Å². The standard InChI is InChI=1S/C27H34N8O2S/c1-31-9-5-10-34(17-14-31)27-28-18-19-24(37)23(29-22(36)8-11-33-15-12-32(2)13-16-33)26-35(25(19)30-27)20-6-3-4-7-21(20)38-26/h3-4,6-7,18H,5,8-17H2,1-2H3,(H,29,36). The van der Waals surface area contributed by atoms with E-state index in [0.717, 1.165) is 69.0 Å². The van der Waals surface area contributed by atoms with Crippen molar-refractivity contribution in [2.45, 2.75) is 12.8 Å². The molecule has 0 radical (unpaired) electrons. The smallest absolute Gasteiger partial charge is 0.227 e. The number of aromatic nitrogens is 3. The van der Waals surface area contributed by atoms with E-state index in [1.165, 1.54) is 11.3 Å². The highest BCUT2D eigenvalue weighted by molar-refractivity contribution is 7.24. The maximum Gasteiger partial charge on any atom is 0.227 e. The summed E-state index contributed by atoms with van der Waals surface area (Å²) in [6.07, 6.45) is 3.01. The molecule has 1 N–H and O–H groups in total. The number of nitrogens with zero attached hydrogens (tertiary/aromatic N) is 7. The SMILES string of the molecule is CN1CCN(CCC(=O)Nc2c(=O)c3cnc(N4CCCN(C)CC4)nc3n3c2sc2ccccc23)CC1. The number of hydrogen-bond donors (Lipinski definition) is 1. The first-order valence-electron chi connectivity index (χ1n) is 13.3. The number of nitrogens with one attached hydrogen (secondary N) is 1. The quantitative estimate of drug-likeness (QED) is 0.417. The lowest BCUT2D eigenvalue weighted by Crippen LogP contribution is -2.45. The highest BCUT2D eigenvalue weighted by atomic mass is 32.1. The Kier molecular flexibility index (Phi) is 7.00. The summed E-state index contributed by atoms with van der Waals surface area (Å²) in [5.41, 5.74) is 1.63. The lowest BCUT2D eigenvalue weighted by Gasteiger charge is -2.32. The van der Waals surface area contributed by atoms with Crippen molar-refractivity contribution in [3.05, 3.63) is 40.7 Å². The minimum absolute atomic E-state index is 0.147. The number of carbonyl (C=O) groups excluding carboxylic acids is 1. The minimum Gasteiger partial charge on any atom is -0.339 e. The van der Waals surface area contributed by atoms with Crippen LogP contribution < -0.4 is 15.6 Å². The highest BCUT2D eigenvalue weighted by Crippen LogP contribution is 2.33. The van der Waals surface area contributed by atoms with Gasteiger partial charge in [0.2, 0.25) is 17.3 Å². The van der Waals surface area contributed by atoms with Crippen LogP contribution in [0.2, 0.25) is 0 Å². The molecule has 1 aromatic carbocycles. The van der Waals surface area contributed by atoms with Gasteiger partial charge >= 0.3 is 0 Å². The summed E-state index contributed by atoms with van der Waals surface area (Å²) in [7, 11) is 4.25. The fraction of sp³-hybridized carbons (Fsp3) is 0.481. The lowest BCUT2D eigenvalue weighted by atomic mass is 10.2. The Bertz CT molecular complexity index is 1540. The molecule has 6 rings (SSSR count). The average Bonchev–Trinajstić information content (AvgIpc) is 3.18. The van der Waals surface area contributed by atoms with Crippen molar-refractivity contribution in [1.29, 1.82) is 0 Å². The van der Waals surface area contributed by atoms with Crippen molar-refractivity contribution < 1.29 is 4.79 Å². The number of anilines is 2. The average molecular weight is 535 g/mol. The van der Waals surface area contributed by atoms with E-state index < -0.39 is 0 Å². The third kappa shape index (κ3) is 4.86. The van der Waals surface area contributed by atoms with E-state index in [1.54, 1.807) is 6.20 Å². The van der Waals surface area contributed by atoms with Crippen molar-refractivity contribution >= 4 is 55.0 Å². The third-order valence-corrected chi connectivity index (χ3v) is 8.83. The summed E-state index contributed by atoms with van der Waals surface area (Å²) in [4.78, 5) is 46.2. The van der Waals surface area contributed by atoms with Crippen LogP contribution in [0.4, 0.5) is 11.6 Å². The molecule has 2 fully saturated rings. The monoisotopic (exact) mass is 534 g/mol. The van der Waals surface area contributed by atoms with Gasteiger partial charge in [-0.3, -0.25) is 14.0 Å². The molecule has 200 valence electrons. The first-order chi connectivity index (χ1) is 18.5. The molecule has 2 saturated heterocycles. The van der Waals surface area contributed by atoms with Crippen molar-refractivity contribution in [3.8, 4) is 0 Å². The molecular formula is C27H34N8O2S. The van der Waals surface area contributed by atoms with E-state index in [4.69, 9.17) is 4.98 Å². The second-order valence-corrected chi connectivity index (χ2v) is 11.4. The van der Waals surface area contributed by atoms with E-state index in [9.17, 15) is 9.59 Å². The molecule has 38 heavy (non-hydrogen) atoms. The number of hydrogen-bond acceptors (Lipinski definition) is 9. The summed E-state index contributed by atoms with van der Waals surface area (Å²) >= 11 is 1.50. The van der Waals surface area contributed by atoms with E-state index in [0.29, 0.717) is 40.5 Å². The van der Waals surface area contributed by atoms with Gasteiger partial charge in [-0.15, -0.1) is 11.3 Å². The van der Waals surface area contributed by atoms with E-state index in [2.05, 4.69) is 44.0 Å². The normalized spacial score (nSPS) is 18.4. The number of piperazine rings is 1. The minimum atomic E-state index is -0.235. The molecule has 2 aliphatic rings. The van der Waals surface area contributed by atoms with E-state index >= 15 is 0 Å². The molecule has 0 aliphatic carbocycles. The maximum atomic E-state index is 13.7. The van der Waals surface area contributed by atoms with Crippen molar-refractivity contribution in [2.24, 2.45) is 0 Å². The Morgan fingerprint density at radius 2 is 1.76 bits per heavy atom. The second kappa shape index (κ2) is 10.6. The largest absolute Gasteiger partial charge is 0.339 e. The van der Waals surface area contributed by atoms with Gasteiger partial charge in [-0.05, 0) is 39.2 Å². The Hall–Kier alpha value is -3.12. The van der Waals surface area contributed by atoms with Crippen molar-refractivity contribution in [2.75, 3.05) is 83.2 Å². The summed E-state index contributed by atoms with van der Waals surface area (Å²) in [5.74, 6) is 0.492. The molecule has 2 aliphatic heterocycles. The molecule has 1 amide bonds.